The average molecular weight is 459 g/mol. The summed E-state index contributed by atoms with van der Waals surface area (Å²) >= 11 is 0. The quantitative estimate of drug-likeness (QED) is 0.487. The van der Waals surface area contributed by atoms with Crippen LogP contribution in [0, 0.1) is 0 Å². The van der Waals surface area contributed by atoms with Crippen LogP contribution in [0.25, 0.3) is 0 Å². The predicted octanol–water partition coefficient (Wildman–Crippen LogP) is 3.67. The summed E-state index contributed by atoms with van der Waals surface area (Å²) in [6, 6.07) is 23.0. The van der Waals surface area contributed by atoms with Crippen LogP contribution in [0.15, 0.2) is 72.8 Å². The Morgan fingerprint density at radius 2 is 0.882 bits per heavy atom. The molecule has 0 atom stereocenters. The molecule has 6 nitrogen and oxygen atoms in total. The number of hydrogen-bond acceptors (Lipinski definition) is 4. The first-order valence-corrected chi connectivity index (χ1v) is 11.4. The minimum Gasteiger partial charge on any atom is -0.348 e. The third-order valence-electron chi connectivity index (χ3n) is 5.50. The number of carbonyl (C=O) groups is 2. The Morgan fingerprint density at radius 1 is 0.559 bits per heavy atom. The maximum atomic E-state index is 12.6. The van der Waals surface area contributed by atoms with Crippen LogP contribution in [0.4, 0.5) is 0 Å². The summed E-state index contributed by atoms with van der Waals surface area (Å²) < 4.78 is 0. The number of carbonyl (C=O) groups excluding carboxylic acids is 2. The Morgan fingerprint density at radius 3 is 1.21 bits per heavy atom. The molecule has 3 aromatic carbocycles. The Bertz CT molecular complexity index is 1020. The standard InChI is InChI=1S/C28H34N4O2/c1-31(2)19-25-11-7-5-9-23(25)17-29-27(33)21-13-15-22(16-14-21)28(34)30-18-24-10-6-8-12-26(24)20-32(3)4/h5-16H,17-20H2,1-4H3,(H,29,33)(H,30,34). The molecule has 0 radical (unpaired) electrons. The lowest BCUT2D eigenvalue weighted by Gasteiger charge is -2.15. The summed E-state index contributed by atoms with van der Waals surface area (Å²) in [5.74, 6) is -0.326. The second-order valence-electron chi connectivity index (χ2n) is 8.96. The van der Waals surface area contributed by atoms with E-state index in [0.29, 0.717) is 24.2 Å². The highest BCUT2D eigenvalue weighted by Gasteiger charge is 2.11. The van der Waals surface area contributed by atoms with E-state index in [1.54, 1.807) is 24.3 Å². The Labute approximate surface area is 202 Å². The molecule has 0 unspecified atom stereocenters. The van der Waals surface area contributed by atoms with E-state index < -0.39 is 0 Å². The molecule has 0 aliphatic rings. The van der Waals surface area contributed by atoms with Crippen molar-refractivity contribution in [3.05, 3.63) is 106 Å². The number of nitrogens with zero attached hydrogens (tertiary/aromatic N) is 2. The van der Waals surface area contributed by atoms with Gasteiger partial charge in [0.2, 0.25) is 0 Å². The monoisotopic (exact) mass is 458 g/mol. The smallest absolute Gasteiger partial charge is 0.251 e. The fraction of sp³-hybridized carbons (Fsp3) is 0.286. The van der Waals surface area contributed by atoms with Gasteiger partial charge in [0.25, 0.3) is 11.8 Å². The molecule has 178 valence electrons. The topological polar surface area (TPSA) is 64.7 Å². The Hall–Kier alpha value is -3.48. The highest BCUT2D eigenvalue weighted by Crippen LogP contribution is 2.13. The van der Waals surface area contributed by atoms with Gasteiger partial charge in [0.05, 0.1) is 0 Å². The van der Waals surface area contributed by atoms with Crippen LogP contribution >= 0.6 is 0 Å². The Kier molecular flexibility index (Phi) is 8.96. The molecule has 0 spiro atoms. The van der Waals surface area contributed by atoms with Crippen molar-refractivity contribution in [1.29, 1.82) is 0 Å². The molecule has 3 rings (SSSR count). The lowest BCUT2D eigenvalue weighted by molar-refractivity contribution is 0.0939. The summed E-state index contributed by atoms with van der Waals surface area (Å²) in [5, 5.41) is 5.97. The van der Waals surface area contributed by atoms with E-state index in [9.17, 15) is 9.59 Å². The van der Waals surface area contributed by atoms with Crippen LogP contribution in [-0.2, 0) is 26.2 Å². The third kappa shape index (κ3) is 7.27. The first kappa shape index (κ1) is 25.1. The molecule has 2 N–H and O–H groups in total. The van der Waals surface area contributed by atoms with Gasteiger partial charge in [0.1, 0.15) is 0 Å². The van der Waals surface area contributed by atoms with Crippen LogP contribution in [0.1, 0.15) is 43.0 Å². The average Bonchev–Trinajstić information content (AvgIpc) is 2.82. The van der Waals surface area contributed by atoms with Crippen molar-refractivity contribution >= 4 is 11.8 Å². The second kappa shape index (κ2) is 12.1. The van der Waals surface area contributed by atoms with Crippen molar-refractivity contribution in [2.24, 2.45) is 0 Å². The summed E-state index contributed by atoms with van der Waals surface area (Å²) in [7, 11) is 8.09. The van der Waals surface area contributed by atoms with Gasteiger partial charge in [-0.25, -0.2) is 0 Å². The highest BCUT2D eigenvalue weighted by atomic mass is 16.2. The van der Waals surface area contributed by atoms with Crippen molar-refractivity contribution in [2.45, 2.75) is 26.2 Å². The molecule has 0 aliphatic heterocycles. The summed E-state index contributed by atoms with van der Waals surface area (Å²) in [6.07, 6.45) is 0. The third-order valence-corrected chi connectivity index (χ3v) is 5.50. The molecule has 6 heteroatoms. The van der Waals surface area contributed by atoms with Crippen molar-refractivity contribution in [1.82, 2.24) is 20.4 Å². The summed E-state index contributed by atoms with van der Waals surface area (Å²) in [5.41, 5.74) is 5.61. The SMILES string of the molecule is CN(C)Cc1ccccc1CNC(=O)c1ccc(C(=O)NCc2ccccc2CN(C)C)cc1. The first-order valence-electron chi connectivity index (χ1n) is 11.4. The number of rotatable bonds is 10. The van der Waals surface area contributed by atoms with E-state index in [1.165, 1.54) is 11.1 Å². The van der Waals surface area contributed by atoms with Crippen LogP contribution in [0.2, 0.25) is 0 Å². The normalized spacial score (nSPS) is 11.0. The molecule has 3 aromatic rings. The summed E-state index contributed by atoms with van der Waals surface area (Å²) in [6.45, 7) is 2.54. The first-order chi connectivity index (χ1) is 16.3. The fourth-order valence-electron chi connectivity index (χ4n) is 3.78. The largest absolute Gasteiger partial charge is 0.348 e. The second-order valence-corrected chi connectivity index (χ2v) is 8.96. The van der Waals surface area contributed by atoms with Crippen LogP contribution in [-0.4, -0.2) is 49.8 Å². The van der Waals surface area contributed by atoms with E-state index in [4.69, 9.17) is 0 Å². The highest BCUT2D eigenvalue weighted by molar-refractivity contribution is 5.97. The molecule has 0 bridgehead atoms. The van der Waals surface area contributed by atoms with Gasteiger partial charge in [0.15, 0.2) is 0 Å². The van der Waals surface area contributed by atoms with Gasteiger partial charge in [-0.1, -0.05) is 48.5 Å². The zero-order chi connectivity index (χ0) is 24.5. The van der Waals surface area contributed by atoms with Gasteiger partial charge >= 0.3 is 0 Å². The van der Waals surface area contributed by atoms with Crippen LogP contribution in [0.3, 0.4) is 0 Å². The minimum atomic E-state index is -0.163. The van der Waals surface area contributed by atoms with Gasteiger partial charge in [-0.3, -0.25) is 9.59 Å². The van der Waals surface area contributed by atoms with E-state index >= 15 is 0 Å². The lowest BCUT2D eigenvalue weighted by atomic mass is 10.1. The fourth-order valence-corrected chi connectivity index (χ4v) is 3.78. The molecule has 0 aliphatic carbocycles. The van der Waals surface area contributed by atoms with Gasteiger partial charge in [0, 0.05) is 37.3 Å². The maximum Gasteiger partial charge on any atom is 0.251 e. The molecule has 0 aromatic heterocycles. The maximum absolute atomic E-state index is 12.6. The number of benzene rings is 3. The number of amides is 2. The summed E-state index contributed by atoms with van der Waals surface area (Å²) in [4.78, 5) is 29.5. The van der Waals surface area contributed by atoms with Crippen molar-refractivity contribution < 1.29 is 9.59 Å². The van der Waals surface area contributed by atoms with Gasteiger partial charge in [-0.2, -0.15) is 0 Å². The van der Waals surface area contributed by atoms with Crippen LogP contribution < -0.4 is 10.6 Å². The van der Waals surface area contributed by atoms with Crippen molar-refractivity contribution in [3.8, 4) is 0 Å². The molecule has 0 fully saturated rings. The molecule has 0 heterocycles. The van der Waals surface area contributed by atoms with E-state index in [-0.39, 0.29) is 11.8 Å². The van der Waals surface area contributed by atoms with E-state index in [2.05, 4.69) is 32.6 Å². The molecular weight excluding hydrogens is 424 g/mol. The Balaban J connectivity index is 1.57. The molecule has 2 amide bonds. The predicted molar refractivity (Wildman–Crippen MR) is 136 cm³/mol. The van der Waals surface area contributed by atoms with Gasteiger partial charge in [-0.05, 0) is 74.7 Å². The minimum absolute atomic E-state index is 0.163. The number of hydrogen-bond donors (Lipinski definition) is 2. The lowest BCUT2D eigenvalue weighted by Crippen LogP contribution is -2.25. The molecule has 0 saturated heterocycles. The zero-order valence-electron chi connectivity index (χ0n) is 20.5. The molecule has 34 heavy (non-hydrogen) atoms. The van der Waals surface area contributed by atoms with Crippen molar-refractivity contribution in [3.63, 3.8) is 0 Å². The van der Waals surface area contributed by atoms with Gasteiger partial charge < -0.3 is 20.4 Å². The van der Waals surface area contributed by atoms with E-state index in [1.807, 2.05) is 64.6 Å². The van der Waals surface area contributed by atoms with Crippen LogP contribution in [0.5, 0.6) is 0 Å². The molecule has 0 saturated carbocycles. The van der Waals surface area contributed by atoms with E-state index in [0.717, 1.165) is 24.2 Å². The molecular formula is C28H34N4O2. The van der Waals surface area contributed by atoms with Crippen molar-refractivity contribution in [2.75, 3.05) is 28.2 Å². The number of nitrogens with one attached hydrogen (secondary N) is 2. The van der Waals surface area contributed by atoms with Gasteiger partial charge in [-0.15, -0.1) is 0 Å². The zero-order valence-corrected chi connectivity index (χ0v) is 20.5.